The van der Waals surface area contributed by atoms with E-state index in [1.807, 2.05) is 17.0 Å². The summed E-state index contributed by atoms with van der Waals surface area (Å²) in [5.41, 5.74) is 1.26. The SMILES string of the molecule is CCCCCCNC(=O)C1CCCN(CC(=O)N2CCN(Cc3ccc(OC)cc3)CC2)C1. The molecule has 2 heterocycles. The summed E-state index contributed by atoms with van der Waals surface area (Å²) in [6, 6.07) is 8.19. The molecule has 0 saturated carbocycles. The van der Waals surface area contributed by atoms with Gasteiger partial charge in [0.2, 0.25) is 11.8 Å². The number of piperazine rings is 1. The fourth-order valence-electron chi connectivity index (χ4n) is 4.76. The maximum atomic E-state index is 12.9. The Morgan fingerprint density at radius 1 is 1.00 bits per heavy atom. The first-order chi connectivity index (χ1) is 16.1. The molecule has 0 bridgehead atoms. The molecular weight excluding hydrogens is 416 g/mol. The largest absolute Gasteiger partial charge is 0.497 e. The Morgan fingerprint density at radius 2 is 1.76 bits per heavy atom. The summed E-state index contributed by atoms with van der Waals surface area (Å²) in [4.78, 5) is 32.0. The summed E-state index contributed by atoms with van der Waals surface area (Å²) in [7, 11) is 1.68. The van der Waals surface area contributed by atoms with Gasteiger partial charge >= 0.3 is 0 Å². The van der Waals surface area contributed by atoms with Crippen molar-refractivity contribution in [3.05, 3.63) is 29.8 Å². The Kier molecular flexibility index (Phi) is 10.5. The summed E-state index contributed by atoms with van der Waals surface area (Å²) < 4.78 is 5.23. The second-order valence-corrected chi connectivity index (χ2v) is 9.43. The van der Waals surface area contributed by atoms with Gasteiger partial charge in [-0.05, 0) is 43.5 Å². The number of nitrogens with one attached hydrogen (secondary N) is 1. The van der Waals surface area contributed by atoms with Crippen molar-refractivity contribution in [1.82, 2.24) is 20.0 Å². The molecule has 0 spiro atoms. The summed E-state index contributed by atoms with van der Waals surface area (Å²) in [6.07, 6.45) is 6.57. The van der Waals surface area contributed by atoms with Crippen LogP contribution in [0.4, 0.5) is 0 Å². The van der Waals surface area contributed by atoms with Gasteiger partial charge in [-0.15, -0.1) is 0 Å². The van der Waals surface area contributed by atoms with Gasteiger partial charge < -0.3 is 15.0 Å². The van der Waals surface area contributed by atoms with Crippen LogP contribution in [-0.4, -0.2) is 86.0 Å². The minimum atomic E-state index is 0.0130. The fourth-order valence-corrected chi connectivity index (χ4v) is 4.76. The van der Waals surface area contributed by atoms with E-state index in [9.17, 15) is 9.59 Å². The van der Waals surface area contributed by atoms with Gasteiger partial charge in [0, 0.05) is 45.8 Å². The van der Waals surface area contributed by atoms with Gasteiger partial charge in [-0.1, -0.05) is 38.3 Å². The lowest BCUT2D eigenvalue weighted by atomic mass is 9.97. The zero-order valence-electron chi connectivity index (χ0n) is 20.6. The van der Waals surface area contributed by atoms with E-state index >= 15 is 0 Å². The number of unbranched alkanes of at least 4 members (excludes halogenated alkanes) is 3. The molecule has 0 aliphatic carbocycles. The van der Waals surface area contributed by atoms with E-state index < -0.39 is 0 Å². The number of piperidine rings is 1. The molecule has 1 aromatic rings. The van der Waals surface area contributed by atoms with Crippen molar-refractivity contribution >= 4 is 11.8 Å². The van der Waals surface area contributed by atoms with E-state index in [0.717, 1.165) is 70.8 Å². The minimum absolute atomic E-state index is 0.0130. The third-order valence-corrected chi connectivity index (χ3v) is 6.85. The maximum Gasteiger partial charge on any atom is 0.236 e. The predicted molar refractivity (Wildman–Crippen MR) is 131 cm³/mol. The number of ether oxygens (including phenoxy) is 1. The van der Waals surface area contributed by atoms with Gasteiger partial charge in [0.25, 0.3) is 0 Å². The number of hydrogen-bond acceptors (Lipinski definition) is 5. The fraction of sp³-hybridized carbons (Fsp3) is 0.692. The molecule has 1 unspecified atom stereocenters. The van der Waals surface area contributed by atoms with Crippen LogP contribution < -0.4 is 10.1 Å². The average Bonchev–Trinajstić information content (AvgIpc) is 2.85. The summed E-state index contributed by atoms with van der Waals surface area (Å²) >= 11 is 0. The Labute approximate surface area is 199 Å². The van der Waals surface area contributed by atoms with Gasteiger partial charge in [-0.25, -0.2) is 0 Å². The highest BCUT2D eigenvalue weighted by Gasteiger charge is 2.28. The molecule has 2 aliphatic rings. The first-order valence-corrected chi connectivity index (χ1v) is 12.7. The number of methoxy groups -OCH3 is 1. The Hall–Kier alpha value is -2.12. The van der Waals surface area contributed by atoms with Crippen molar-refractivity contribution in [2.45, 2.75) is 52.0 Å². The van der Waals surface area contributed by atoms with Crippen molar-refractivity contribution in [1.29, 1.82) is 0 Å². The standard InChI is InChI=1S/C26H42N4O3/c1-3-4-5-6-13-27-26(32)23-8-7-14-29(20-23)21-25(31)30-17-15-28(16-18-30)19-22-9-11-24(33-2)12-10-22/h9-12,23H,3-8,13-21H2,1-2H3,(H,27,32). The topological polar surface area (TPSA) is 65.1 Å². The van der Waals surface area contributed by atoms with Crippen LogP contribution in [0.1, 0.15) is 51.0 Å². The number of benzene rings is 1. The van der Waals surface area contributed by atoms with Gasteiger partial charge in [0.15, 0.2) is 0 Å². The highest BCUT2D eigenvalue weighted by molar-refractivity contribution is 5.80. The van der Waals surface area contributed by atoms with Crippen molar-refractivity contribution < 1.29 is 14.3 Å². The minimum Gasteiger partial charge on any atom is -0.497 e. The van der Waals surface area contributed by atoms with Gasteiger partial charge in [-0.2, -0.15) is 0 Å². The summed E-state index contributed by atoms with van der Waals surface area (Å²) in [6.45, 7) is 9.21. The lowest BCUT2D eigenvalue weighted by molar-refractivity contribution is -0.136. The summed E-state index contributed by atoms with van der Waals surface area (Å²) in [5.74, 6) is 1.24. The first-order valence-electron chi connectivity index (χ1n) is 12.7. The van der Waals surface area contributed by atoms with Crippen LogP contribution in [0.5, 0.6) is 5.75 Å². The maximum absolute atomic E-state index is 12.9. The van der Waals surface area contributed by atoms with E-state index in [-0.39, 0.29) is 17.7 Å². The molecule has 2 amide bonds. The average molecular weight is 459 g/mol. The molecule has 184 valence electrons. The molecule has 3 rings (SSSR count). The number of hydrogen-bond donors (Lipinski definition) is 1. The Bertz CT molecular complexity index is 732. The third kappa shape index (κ3) is 8.31. The quantitative estimate of drug-likeness (QED) is 0.517. The van der Waals surface area contributed by atoms with Crippen LogP contribution >= 0.6 is 0 Å². The predicted octanol–water partition coefficient (Wildman–Crippen LogP) is 2.75. The van der Waals surface area contributed by atoms with Crippen LogP contribution in [0.15, 0.2) is 24.3 Å². The lowest BCUT2D eigenvalue weighted by Gasteiger charge is -2.37. The van der Waals surface area contributed by atoms with Gasteiger partial charge in [0.05, 0.1) is 19.6 Å². The first kappa shape index (κ1) is 25.5. The zero-order chi connectivity index (χ0) is 23.5. The van der Waals surface area contributed by atoms with E-state index in [0.29, 0.717) is 13.1 Å². The Morgan fingerprint density at radius 3 is 2.45 bits per heavy atom. The van der Waals surface area contributed by atoms with Crippen LogP contribution in [0.25, 0.3) is 0 Å². The van der Waals surface area contributed by atoms with Gasteiger partial charge in [-0.3, -0.25) is 19.4 Å². The Balaban J connectivity index is 1.36. The number of likely N-dealkylation sites (tertiary alicyclic amines) is 1. The third-order valence-electron chi connectivity index (χ3n) is 6.85. The highest BCUT2D eigenvalue weighted by atomic mass is 16.5. The molecule has 1 atom stereocenters. The molecule has 2 saturated heterocycles. The molecule has 0 radical (unpaired) electrons. The lowest BCUT2D eigenvalue weighted by Crippen LogP contribution is -2.52. The molecule has 2 fully saturated rings. The molecule has 2 aliphatic heterocycles. The van der Waals surface area contributed by atoms with Crippen LogP contribution in [-0.2, 0) is 16.1 Å². The molecular formula is C26H42N4O3. The van der Waals surface area contributed by atoms with Crippen LogP contribution in [0, 0.1) is 5.92 Å². The number of nitrogens with zero attached hydrogens (tertiary/aromatic N) is 3. The number of rotatable bonds is 11. The number of carbonyl (C=O) groups is 2. The second-order valence-electron chi connectivity index (χ2n) is 9.43. The number of carbonyl (C=O) groups excluding carboxylic acids is 2. The van der Waals surface area contributed by atoms with Crippen molar-refractivity contribution in [3.8, 4) is 5.75 Å². The monoisotopic (exact) mass is 458 g/mol. The summed E-state index contributed by atoms with van der Waals surface area (Å²) in [5, 5.41) is 3.11. The molecule has 33 heavy (non-hydrogen) atoms. The van der Waals surface area contributed by atoms with Crippen molar-refractivity contribution in [2.24, 2.45) is 5.92 Å². The van der Waals surface area contributed by atoms with Crippen molar-refractivity contribution in [3.63, 3.8) is 0 Å². The van der Waals surface area contributed by atoms with E-state index in [4.69, 9.17) is 4.74 Å². The number of amides is 2. The van der Waals surface area contributed by atoms with E-state index in [2.05, 4.69) is 34.2 Å². The van der Waals surface area contributed by atoms with Gasteiger partial charge in [0.1, 0.15) is 5.75 Å². The smallest absolute Gasteiger partial charge is 0.236 e. The van der Waals surface area contributed by atoms with E-state index in [1.54, 1.807) is 7.11 Å². The molecule has 7 heteroatoms. The normalized spacial score (nSPS) is 19.9. The van der Waals surface area contributed by atoms with Crippen molar-refractivity contribution in [2.75, 3.05) is 59.5 Å². The molecule has 0 aromatic heterocycles. The molecule has 1 aromatic carbocycles. The highest BCUT2D eigenvalue weighted by Crippen LogP contribution is 2.18. The van der Waals surface area contributed by atoms with Crippen LogP contribution in [0.3, 0.4) is 0 Å². The second kappa shape index (κ2) is 13.6. The molecule has 1 N–H and O–H groups in total. The van der Waals surface area contributed by atoms with E-state index in [1.165, 1.54) is 24.8 Å². The van der Waals surface area contributed by atoms with Crippen LogP contribution in [0.2, 0.25) is 0 Å². The molecule has 7 nitrogen and oxygen atoms in total. The zero-order valence-corrected chi connectivity index (χ0v) is 20.6.